The largest absolute Gasteiger partial charge is 0.460 e. The fraction of sp³-hybridized carbons (Fsp3) is 0.941. The molecule has 0 aromatic rings. The number of carbonyl (C=O) groups is 1. The molecule has 3 unspecified atom stereocenters. The van der Waals surface area contributed by atoms with Gasteiger partial charge in [-0.15, -0.1) is 0 Å². The smallest absolute Gasteiger partial charge is 0.306 e. The average Bonchev–Trinajstić information content (AvgIpc) is 2.45. The van der Waals surface area contributed by atoms with Crippen LogP contribution < -0.4 is 0 Å². The van der Waals surface area contributed by atoms with Crippen molar-refractivity contribution >= 4 is 5.97 Å². The van der Waals surface area contributed by atoms with Crippen LogP contribution in [0.2, 0.25) is 0 Å². The third-order valence-corrected chi connectivity index (χ3v) is 3.84. The molecule has 1 fully saturated rings. The molecule has 7 nitrogen and oxygen atoms in total. The number of unbranched alkanes of at least 4 members (excludes halogenated alkanes) is 1. The average molecular weight is 348 g/mol. The van der Waals surface area contributed by atoms with Gasteiger partial charge in [0.15, 0.2) is 6.29 Å². The van der Waals surface area contributed by atoms with Crippen molar-refractivity contribution in [2.45, 2.75) is 103 Å². The van der Waals surface area contributed by atoms with Crippen molar-refractivity contribution in [3.63, 3.8) is 0 Å². The van der Waals surface area contributed by atoms with Gasteiger partial charge in [0, 0.05) is 6.42 Å². The molecule has 0 radical (unpaired) electrons. The summed E-state index contributed by atoms with van der Waals surface area (Å²) < 4.78 is 16.3. The summed E-state index contributed by atoms with van der Waals surface area (Å²) in [6.45, 7) is 8.96. The van der Waals surface area contributed by atoms with Gasteiger partial charge in [0.1, 0.15) is 23.9 Å². The van der Waals surface area contributed by atoms with Gasteiger partial charge in [-0.25, -0.2) is 0 Å². The van der Waals surface area contributed by atoms with Crippen LogP contribution in [0.15, 0.2) is 0 Å². The van der Waals surface area contributed by atoms with Gasteiger partial charge in [-0.2, -0.15) is 0 Å². The molecule has 0 aliphatic carbocycles. The normalized spacial score (nSPS) is 32.4. The van der Waals surface area contributed by atoms with Gasteiger partial charge < -0.3 is 29.5 Å². The Kier molecular flexibility index (Phi) is 8.08. The minimum absolute atomic E-state index is 0.210. The molecular formula is C17H32O7. The van der Waals surface area contributed by atoms with Crippen molar-refractivity contribution in [1.82, 2.24) is 0 Å². The number of hydrogen-bond acceptors (Lipinski definition) is 7. The third kappa shape index (κ3) is 7.03. The Hall–Kier alpha value is -0.730. The first kappa shape index (κ1) is 21.3. The van der Waals surface area contributed by atoms with Gasteiger partial charge in [0.25, 0.3) is 0 Å². The number of carbonyl (C=O) groups excluding carboxylic acids is 1. The van der Waals surface area contributed by atoms with Crippen LogP contribution in [0.25, 0.3) is 0 Å². The molecule has 3 N–H and O–H groups in total. The molecule has 0 amide bonds. The summed E-state index contributed by atoms with van der Waals surface area (Å²) in [5.74, 6) is -0.215. The molecule has 142 valence electrons. The predicted octanol–water partition coefficient (Wildman–Crippen LogP) is 1.12. The maximum atomic E-state index is 11.6. The molecule has 0 bridgehead atoms. The van der Waals surface area contributed by atoms with E-state index in [-0.39, 0.29) is 12.1 Å². The fourth-order valence-electron chi connectivity index (χ4n) is 2.52. The summed E-state index contributed by atoms with van der Waals surface area (Å²) in [5, 5.41) is 29.3. The molecular weight excluding hydrogens is 316 g/mol. The van der Waals surface area contributed by atoms with Crippen molar-refractivity contribution in [2.75, 3.05) is 0 Å². The molecule has 1 aliphatic rings. The number of ether oxygens (including phenoxy) is 3. The number of hydrogen-bond donors (Lipinski definition) is 3. The first-order valence-electron chi connectivity index (χ1n) is 8.58. The lowest BCUT2D eigenvalue weighted by Crippen LogP contribution is -2.57. The van der Waals surface area contributed by atoms with E-state index in [4.69, 9.17) is 14.2 Å². The van der Waals surface area contributed by atoms with Gasteiger partial charge in [0.2, 0.25) is 0 Å². The third-order valence-electron chi connectivity index (χ3n) is 3.84. The summed E-state index contributed by atoms with van der Waals surface area (Å²) in [7, 11) is 0. The van der Waals surface area contributed by atoms with E-state index in [0.29, 0.717) is 19.3 Å². The molecule has 6 atom stereocenters. The van der Waals surface area contributed by atoms with Crippen LogP contribution in [0.3, 0.4) is 0 Å². The van der Waals surface area contributed by atoms with Crippen LogP contribution in [0.4, 0.5) is 0 Å². The Morgan fingerprint density at radius 1 is 1.12 bits per heavy atom. The second-order valence-corrected chi connectivity index (χ2v) is 7.46. The lowest BCUT2D eigenvalue weighted by Gasteiger charge is -2.39. The summed E-state index contributed by atoms with van der Waals surface area (Å²) in [5.41, 5.74) is -0.468. The van der Waals surface area contributed by atoms with Crippen LogP contribution in [0.5, 0.6) is 0 Å². The van der Waals surface area contributed by atoms with Crippen LogP contribution >= 0.6 is 0 Å². The molecule has 0 saturated carbocycles. The number of aliphatic hydroxyl groups is 3. The highest BCUT2D eigenvalue weighted by Crippen LogP contribution is 2.23. The molecule has 24 heavy (non-hydrogen) atoms. The monoisotopic (exact) mass is 348 g/mol. The second-order valence-electron chi connectivity index (χ2n) is 7.46. The van der Waals surface area contributed by atoms with Gasteiger partial charge >= 0.3 is 5.97 Å². The van der Waals surface area contributed by atoms with Crippen LogP contribution in [0, 0.1) is 0 Å². The quantitative estimate of drug-likeness (QED) is 0.468. The Bertz CT molecular complexity index is 393. The van der Waals surface area contributed by atoms with Crippen LogP contribution in [-0.4, -0.2) is 63.7 Å². The first-order valence-corrected chi connectivity index (χ1v) is 8.58. The summed E-state index contributed by atoms with van der Waals surface area (Å²) in [6, 6.07) is 0. The minimum atomic E-state index is -1.29. The Morgan fingerprint density at radius 2 is 1.75 bits per heavy atom. The molecule has 1 saturated heterocycles. The SMILES string of the molecule is CC(CCCCC(=O)OC(C)(C)C)O[C@@H]1OC(C)[C@@H](O)C(O)[C@@H]1O. The molecule has 1 aliphatic heterocycles. The number of rotatable bonds is 7. The van der Waals surface area contributed by atoms with Crippen molar-refractivity contribution in [2.24, 2.45) is 0 Å². The van der Waals surface area contributed by atoms with Crippen molar-refractivity contribution < 1.29 is 34.3 Å². The first-order chi connectivity index (χ1) is 11.0. The molecule has 7 heteroatoms. The van der Waals surface area contributed by atoms with Gasteiger partial charge in [-0.3, -0.25) is 4.79 Å². The van der Waals surface area contributed by atoms with E-state index in [1.165, 1.54) is 0 Å². The van der Waals surface area contributed by atoms with E-state index in [9.17, 15) is 20.1 Å². The summed E-state index contributed by atoms with van der Waals surface area (Å²) in [6.07, 6.45) is -3.03. The summed E-state index contributed by atoms with van der Waals surface area (Å²) in [4.78, 5) is 11.6. The van der Waals surface area contributed by atoms with E-state index in [2.05, 4.69) is 0 Å². The molecule has 1 heterocycles. The van der Waals surface area contributed by atoms with Crippen molar-refractivity contribution in [3.05, 3.63) is 0 Å². The van der Waals surface area contributed by atoms with E-state index in [0.717, 1.165) is 6.42 Å². The topological polar surface area (TPSA) is 105 Å². The highest BCUT2D eigenvalue weighted by molar-refractivity contribution is 5.69. The van der Waals surface area contributed by atoms with E-state index in [1.807, 2.05) is 27.7 Å². The molecule has 1 rings (SSSR count). The Balaban J connectivity index is 2.27. The molecule has 0 aromatic carbocycles. The lowest BCUT2D eigenvalue weighted by molar-refractivity contribution is -0.303. The Morgan fingerprint density at radius 3 is 2.33 bits per heavy atom. The number of aliphatic hydroxyl groups excluding tert-OH is 3. The van der Waals surface area contributed by atoms with Gasteiger partial charge in [-0.1, -0.05) is 6.42 Å². The standard InChI is InChI=1S/C17H32O7/c1-10(8-6-7-9-12(18)24-17(3,4)5)22-16-15(21)14(20)13(19)11(2)23-16/h10-11,13-16,19-21H,6-9H2,1-5H3/t10?,11?,13-,14?,15+,16-/m1/s1. The zero-order valence-electron chi connectivity index (χ0n) is 15.3. The highest BCUT2D eigenvalue weighted by atomic mass is 16.7. The highest BCUT2D eigenvalue weighted by Gasteiger charge is 2.42. The lowest BCUT2D eigenvalue weighted by atomic mass is 10.00. The molecule has 0 spiro atoms. The Labute approximate surface area is 143 Å². The zero-order valence-corrected chi connectivity index (χ0v) is 15.3. The van der Waals surface area contributed by atoms with Gasteiger partial charge in [-0.05, 0) is 47.5 Å². The van der Waals surface area contributed by atoms with Crippen LogP contribution in [0.1, 0.15) is 60.3 Å². The van der Waals surface area contributed by atoms with E-state index in [1.54, 1.807) is 6.92 Å². The summed E-state index contributed by atoms with van der Waals surface area (Å²) >= 11 is 0. The second kappa shape index (κ2) is 9.10. The predicted molar refractivity (Wildman–Crippen MR) is 87.2 cm³/mol. The fourth-order valence-corrected chi connectivity index (χ4v) is 2.52. The van der Waals surface area contributed by atoms with Crippen LogP contribution in [-0.2, 0) is 19.0 Å². The maximum Gasteiger partial charge on any atom is 0.306 e. The zero-order chi connectivity index (χ0) is 18.5. The minimum Gasteiger partial charge on any atom is -0.460 e. The molecule has 0 aromatic heterocycles. The maximum absolute atomic E-state index is 11.6. The number of esters is 1. The van der Waals surface area contributed by atoms with Gasteiger partial charge in [0.05, 0.1) is 12.2 Å². The van der Waals surface area contributed by atoms with E-state index >= 15 is 0 Å². The van der Waals surface area contributed by atoms with Crippen molar-refractivity contribution in [3.8, 4) is 0 Å². The van der Waals surface area contributed by atoms with E-state index < -0.39 is 36.3 Å². The van der Waals surface area contributed by atoms with Crippen molar-refractivity contribution in [1.29, 1.82) is 0 Å².